The third-order valence-corrected chi connectivity index (χ3v) is 9.97. The summed E-state index contributed by atoms with van der Waals surface area (Å²) in [5.74, 6) is 0. The van der Waals surface area contributed by atoms with Crippen LogP contribution in [0.15, 0.2) is 18.7 Å². The van der Waals surface area contributed by atoms with Gasteiger partial charge in [0.05, 0.1) is 17.5 Å². The van der Waals surface area contributed by atoms with Crippen molar-refractivity contribution in [1.82, 2.24) is 4.57 Å². The first kappa shape index (κ1) is 29.4. The van der Waals surface area contributed by atoms with Crippen LogP contribution in [0.4, 0.5) is 39.5 Å². The summed E-state index contributed by atoms with van der Waals surface area (Å²) in [6, 6.07) is 0. The van der Waals surface area contributed by atoms with E-state index in [1.54, 1.807) is 0 Å². The topological polar surface area (TPSA) is 111 Å². The molecule has 0 saturated carbocycles. The minimum Gasteiger partial charge on any atom is -0.251 e. The Morgan fingerprint density at radius 1 is 0.774 bits per heavy atom. The lowest BCUT2D eigenvalue weighted by Crippen LogP contribution is -2.47. The van der Waals surface area contributed by atoms with E-state index in [2.05, 4.69) is 34.8 Å². The van der Waals surface area contributed by atoms with Gasteiger partial charge in [-0.3, -0.25) is 25.3 Å². The molecule has 0 fully saturated rings. The number of imidazole rings is 1. The molecule has 0 unspecified atom stereocenters. The van der Waals surface area contributed by atoms with Crippen molar-refractivity contribution >= 4 is 29.5 Å². The third-order valence-electron chi connectivity index (χ3n) is 2.88. The fourth-order valence-corrected chi connectivity index (χ4v) is 7.34. The third kappa shape index (κ3) is 6.46. The standard InChI is InChI=1S/C7H13N2.C4F9O6S3/c1-3-4-9-6-5-8(2)7-9;5-2(6,7)20(14,15)1(21(16,17)3(8,9)10)22(18,19)4(11,12)13/h5-7H,3-4H2,1-2H3;/q+1;-1. The van der Waals surface area contributed by atoms with Crippen LogP contribution >= 0.6 is 0 Å². The molecule has 0 aliphatic carbocycles. The Morgan fingerprint density at radius 3 is 1.29 bits per heavy atom. The highest BCUT2D eigenvalue weighted by atomic mass is 32.3. The number of aryl methyl sites for hydroxylation is 2. The smallest absolute Gasteiger partial charge is 0.251 e. The molecule has 31 heavy (non-hydrogen) atoms. The van der Waals surface area contributed by atoms with Crippen LogP contribution in [0.5, 0.6) is 0 Å². The molecule has 0 radical (unpaired) electrons. The minimum atomic E-state index is -8.02. The molecule has 184 valence electrons. The van der Waals surface area contributed by atoms with E-state index in [4.69, 9.17) is 0 Å². The van der Waals surface area contributed by atoms with Crippen molar-refractivity contribution in [2.75, 3.05) is 0 Å². The summed E-state index contributed by atoms with van der Waals surface area (Å²) in [6.07, 6.45) is 7.43. The molecule has 0 bridgehead atoms. The maximum absolute atomic E-state index is 12.0. The largest absolute Gasteiger partial charge is 0.470 e. The summed E-state index contributed by atoms with van der Waals surface area (Å²) in [5, 5.41) is 0. The van der Waals surface area contributed by atoms with Gasteiger partial charge in [0.15, 0.2) is 29.5 Å². The summed E-state index contributed by atoms with van der Waals surface area (Å²) >= 11 is 0. The van der Waals surface area contributed by atoms with Crippen molar-refractivity contribution in [1.29, 1.82) is 0 Å². The van der Waals surface area contributed by atoms with Crippen molar-refractivity contribution in [2.24, 2.45) is 7.05 Å². The van der Waals surface area contributed by atoms with E-state index in [1.807, 2.05) is 7.05 Å². The van der Waals surface area contributed by atoms with Crippen LogP contribution in [0.25, 0.3) is 0 Å². The summed E-state index contributed by atoms with van der Waals surface area (Å²) in [4.78, 5) is 0. The average molecular weight is 536 g/mol. The number of sulfone groups is 3. The molecule has 0 spiro atoms. The van der Waals surface area contributed by atoms with Gasteiger partial charge in [-0.05, 0) is 6.42 Å². The molecule has 8 nitrogen and oxygen atoms in total. The number of aromatic nitrogens is 2. The van der Waals surface area contributed by atoms with Gasteiger partial charge in [0.25, 0.3) is 0 Å². The molecule has 1 rings (SSSR count). The molecule has 1 aromatic rings. The average Bonchev–Trinajstić information content (AvgIpc) is 2.89. The van der Waals surface area contributed by atoms with E-state index in [1.165, 1.54) is 6.42 Å². The molecule has 0 amide bonds. The van der Waals surface area contributed by atoms with Gasteiger partial charge in [0.2, 0.25) is 6.33 Å². The number of alkyl halides is 9. The van der Waals surface area contributed by atoms with Crippen LogP contribution < -0.4 is 4.57 Å². The predicted octanol–water partition coefficient (Wildman–Crippen LogP) is 1.96. The zero-order chi connectivity index (χ0) is 25.3. The molecular formula is C11H13F9N2O6S3. The molecule has 0 atom stereocenters. The number of nitrogens with zero attached hydrogens (tertiary/aromatic N) is 2. The fourth-order valence-electron chi connectivity index (χ4n) is 1.61. The Balaban J connectivity index is 0.000000823. The number of hydrogen-bond acceptors (Lipinski definition) is 6. The summed E-state index contributed by atoms with van der Waals surface area (Å²) < 4.78 is 172. The second-order valence-electron chi connectivity index (χ2n) is 5.41. The quantitative estimate of drug-likeness (QED) is 0.323. The van der Waals surface area contributed by atoms with Crippen molar-refractivity contribution in [3.63, 3.8) is 0 Å². The van der Waals surface area contributed by atoms with Crippen molar-refractivity contribution in [3.8, 4) is 0 Å². The zero-order valence-electron chi connectivity index (χ0n) is 15.1. The molecule has 0 saturated heterocycles. The molecule has 1 aromatic heterocycles. The van der Waals surface area contributed by atoms with Crippen LogP contribution in [0.3, 0.4) is 0 Å². The second kappa shape index (κ2) is 9.12. The van der Waals surface area contributed by atoms with Crippen LogP contribution in [0.1, 0.15) is 13.3 Å². The number of hydrogen-bond donors (Lipinski definition) is 0. The normalized spacial score (nSPS) is 14.3. The Hall–Kier alpha value is -1.57. The van der Waals surface area contributed by atoms with Crippen molar-refractivity contribution < 1.29 is 69.3 Å². The van der Waals surface area contributed by atoms with Gasteiger partial charge in [-0.25, -0.2) is 9.13 Å². The maximum atomic E-state index is 12.0. The van der Waals surface area contributed by atoms with Crippen LogP contribution in [-0.2, 0) is 43.1 Å². The lowest BCUT2D eigenvalue weighted by molar-refractivity contribution is -0.671. The van der Waals surface area contributed by atoms with Gasteiger partial charge in [-0.2, -0.15) is 39.5 Å². The van der Waals surface area contributed by atoms with Gasteiger partial charge in [-0.15, -0.1) is 0 Å². The Morgan fingerprint density at radius 2 is 1.10 bits per heavy atom. The highest BCUT2D eigenvalue weighted by molar-refractivity contribution is 8.29. The minimum absolute atomic E-state index is 1.13. The second-order valence-corrected chi connectivity index (χ2v) is 11.8. The fraction of sp³-hybridized carbons (Fsp3) is 0.636. The monoisotopic (exact) mass is 536 g/mol. The first-order valence-electron chi connectivity index (χ1n) is 7.26. The predicted molar refractivity (Wildman–Crippen MR) is 84.1 cm³/mol. The van der Waals surface area contributed by atoms with Crippen LogP contribution in [0.2, 0.25) is 0 Å². The van der Waals surface area contributed by atoms with E-state index in [0.29, 0.717) is 0 Å². The highest BCUT2D eigenvalue weighted by Gasteiger charge is 2.63. The molecule has 0 aliphatic heterocycles. The van der Waals surface area contributed by atoms with Crippen LogP contribution in [-0.4, -0.2) is 46.3 Å². The van der Waals surface area contributed by atoms with E-state index >= 15 is 0 Å². The molecule has 0 aliphatic rings. The van der Waals surface area contributed by atoms with Gasteiger partial charge >= 0.3 is 16.5 Å². The first-order chi connectivity index (χ1) is 13.4. The SMILES string of the molecule is CCCn1cc[n+](C)c1.O=S(=O)([C-](S(=O)(=O)C(F)(F)F)S(=O)(=O)C(F)(F)F)C(F)(F)F. The lowest BCUT2D eigenvalue weighted by Gasteiger charge is -2.31. The van der Waals surface area contributed by atoms with E-state index in [0.717, 1.165) is 6.54 Å². The molecule has 20 heteroatoms. The first-order valence-corrected chi connectivity index (χ1v) is 11.7. The van der Waals surface area contributed by atoms with E-state index in [9.17, 15) is 64.8 Å². The van der Waals surface area contributed by atoms with E-state index < -0.39 is 50.0 Å². The van der Waals surface area contributed by atoms with Gasteiger partial charge in [0, 0.05) is 0 Å². The molecular weight excluding hydrogens is 523 g/mol. The highest BCUT2D eigenvalue weighted by Crippen LogP contribution is 2.47. The Labute approximate surface area is 170 Å². The summed E-state index contributed by atoms with van der Waals surface area (Å²) in [7, 11) is -22.0. The van der Waals surface area contributed by atoms with Crippen molar-refractivity contribution in [3.05, 3.63) is 22.6 Å². The van der Waals surface area contributed by atoms with Gasteiger partial charge in [-0.1, -0.05) is 6.92 Å². The molecule has 0 N–H and O–H groups in total. The number of halogens is 9. The van der Waals surface area contributed by atoms with Gasteiger partial charge in [0.1, 0.15) is 12.4 Å². The van der Waals surface area contributed by atoms with Crippen molar-refractivity contribution in [2.45, 2.75) is 36.4 Å². The van der Waals surface area contributed by atoms with Crippen LogP contribution in [0, 0.1) is 3.91 Å². The maximum Gasteiger partial charge on any atom is 0.470 e. The Bertz CT molecular complexity index is 963. The zero-order valence-corrected chi connectivity index (χ0v) is 17.6. The summed E-state index contributed by atoms with van der Waals surface area (Å²) in [5.41, 5.74) is -21.2. The van der Waals surface area contributed by atoms with Gasteiger partial charge < -0.3 is 0 Å². The summed E-state index contributed by atoms with van der Waals surface area (Å²) in [6.45, 7) is 3.31. The lowest BCUT2D eigenvalue weighted by atomic mass is 10.5. The van der Waals surface area contributed by atoms with E-state index in [-0.39, 0.29) is 0 Å². The Kier molecular flexibility index (Phi) is 8.66. The molecule has 0 aromatic carbocycles. The molecule has 1 heterocycles. The number of rotatable bonds is 5.